The molecule has 0 aromatic carbocycles. The van der Waals surface area contributed by atoms with E-state index in [0.29, 0.717) is 11.6 Å². The fourth-order valence-electron chi connectivity index (χ4n) is 2.13. The molecule has 2 N–H and O–H groups in total. The average Bonchev–Trinajstić information content (AvgIpc) is 2.76. The molecule has 0 fully saturated rings. The molecule has 6 heteroatoms. The highest BCUT2D eigenvalue weighted by atomic mass is 32.1. The maximum absolute atomic E-state index is 11.4. The first kappa shape index (κ1) is 14.7. The van der Waals surface area contributed by atoms with Crippen LogP contribution in [-0.4, -0.2) is 27.1 Å². The highest BCUT2D eigenvalue weighted by molar-refractivity contribution is 7.17. The Balaban J connectivity index is 2.46. The second-order valence-corrected chi connectivity index (χ2v) is 5.92. The van der Waals surface area contributed by atoms with Crippen LogP contribution >= 0.6 is 11.3 Å². The molecule has 20 heavy (non-hydrogen) atoms. The van der Waals surface area contributed by atoms with Crippen molar-refractivity contribution in [2.75, 3.05) is 5.32 Å². The summed E-state index contributed by atoms with van der Waals surface area (Å²) in [7, 11) is 0. The van der Waals surface area contributed by atoms with E-state index in [1.807, 2.05) is 33.1 Å². The van der Waals surface area contributed by atoms with Crippen LogP contribution in [0.25, 0.3) is 10.2 Å². The Hall–Kier alpha value is -1.69. The lowest BCUT2D eigenvalue weighted by molar-refractivity contribution is -0.139. The van der Waals surface area contributed by atoms with Crippen molar-refractivity contribution >= 4 is 33.3 Å². The molecule has 0 spiro atoms. The van der Waals surface area contributed by atoms with E-state index in [9.17, 15) is 9.90 Å². The van der Waals surface area contributed by atoms with Gasteiger partial charge in [0.05, 0.1) is 5.39 Å². The van der Waals surface area contributed by atoms with Crippen LogP contribution in [0.5, 0.6) is 0 Å². The third-order valence-electron chi connectivity index (χ3n) is 3.50. The molecule has 5 nitrogen and oxygen atoms in total. The van der Waals surface area contributed by atoms with Crippen molar-refractivity contribution in [1.82, 2.24) is 9.97 Å². The first-order valence-electron chi connectivity index (χ1n) is 6.65. The van der Waals surface area contributed by atoms with E-state index in [1.54, 1.807) is 11.3 Å². The van der Waals surface area contributed by atoms with E-state index < -0.39 is 12.0 Å². The van der Waals surface area contributed by atoms with Gasteiger partial charge in [-0.1, -0.05) is 20.3 Å². The van der Waals surface area contributed by atoms with E-state index in [1.165, 1.54) is 0 Å². The molecule has 0 radical (unpaired) electrons. The zero-order chi connectivity index (χ0) is 14.9. The molecule has 2 heterocycles. The molecule has 2 aromatic heterocycles. The van der Waals surface area contributed by atoms with Crippen molar-refractivity contribution in [1.29, 1.82) is 0 Å². The quantitative estimate of drug-likeness (QED) is 0.885. The predicted octanol–water partition coefficient (Wildman–Crippen LogP) is 3.22. The summed E-state index contributed by atoms with van der Waals surface area (Å²) in [6, 6.07) is -0.642. The minimum absolute atomic E-state index is 0.0248. The molecular weight excluding hydrogens is 274 g/mol. The van der Waals surface area contributed by atoms with Crippen molar-refractivity contribution in [3.63, 3.8) is 0 Å². The van der Waals surface area contributed by atoms with Gasteiger partial charge >= 0.3 is 5.97 Å². The molecule has 2 aromatic rings. The van der Waals surface area contributed by atoms with Gasteiger partial charge in [-0.25, -0.2) is 14.8 Å². The van der Waals surface area contributed by atoms with E-state index in [4.69, 9.17) is 0 Å². The summed E-state index contributed by atoms with van der Waals surface area (Å²) >= 11 is 1.55. The van der Waals surface area contributed by atoms with Gasteiger partial charge in [0.25, 0.3) is 0 Å². The second-order valence-electron chi connectivity index (χ2n) is 5.06. The zero-order valence-corrected chi connectivity index (χ0v) is 12.9. The molecule has 108 valence electrons. The molecule has 2 rings (SSSR count). The lowest BCUT2D eigenvalue weighted by Gasteiger charge is -2.21. The summed E-state index contributed by atoms with van der Waals surface area (Å²) in [5.41, 5.74) is 1.07. The summed E-state index contributed by atoms with van der Waals surface area (Å²) in [5.74, 6) is 0.447. The number of hydrogen-bond acceptors (Lipinski definition) is 5. The van der Waals surface area contributed by atoms with Gasteiger partial charge in [-0.3, -0.25) is 0 Å². The molecular formula is C14H19N3O2S. The van der Waals surface area contributed by atoms with Crippen molar-refractivity contribution in [3.8, 4) is 0 Å². The topological polar surface area (TPSA) is 75.1 Å². The van der Waals surface area contributed by atoms with E-state index >= 15 is 0 Å². The van der Waals surface area contributed by atoms with Gasteiger partial charge in [0, 0.05) is 0 Å². The van der Waals surface area contributed by atoms with E-state index in [2.05, 4.69) is 15.3 Å². The number of aliphatic carboxylic acids is 1. The summed E-state index contributed by atoms with van der Waals surface area (Å²) in [5, 5.41) is 15.4. The van der Waals surface area contributed by atoms with Gasteiger partial charge in [-0.05, 0) is 30.7 Å². The van der Waals surface area contributed by atoms with Gasteiger partial charge in [0.15, 0.2) is 0 Å². The van der Waals surface area contributed by atoms with Crippen LogP contribution in [0.3, 0.4) is 0 Å². The number of carboxylic acids is 1. The standard InChI is InChI=1S/C14H19N3O2S/c1-5-7(2)11(14(18)19)17-12-10-8(3)6-20-13(10)16-9(4)15-12/h6-7,11H,5H2,1-4H3,(H,18,19)(H,15,16,17)/t7-,11-/m0/s1. The molecule has 2 atom stereocenters. The average molecular weight is 293 g/mol. The fraction of sp³-hybridized carbons (Fsp3) is 0.500. The highest BCUT2D eigenvalue weighted by Crippen LogP contribution is 2.30. The SMILES string of the molecule is CC[C@H](C)[C@H](Nc1nc(C)nc2scc(C)c12)C(=O)O. The number of carboxylic acid groups (broad SMARTS) is 1. The molecule has 0 bridgehead atoms. The Kier molecular flexibility index (Phi) is 4.23. The fourth-order valence-corrected chi connectivity index (χ4v) is 3.09. The number of hydrogen-bond donors (Lipinski definition) is 2. The van der Waals surface area contributed by atoms with Crippen LogP contribution in [0.2, 0.25) is 0 Å². The number of nitrogens with one attached hydrogen (secondary N) is 1. The number of aromatic nitrogens is 2. The van der Waals surface area contributed by atoms with Gasteiger partial charge in [-0.15, -0.1) is 11.3 Å². The Morgan fingerprint density at radius 3 is 2.75 bits per heavy atom. The van der Waals surface area contributed by atoms with Crippen LogP contribution in [-0.2, 0) is 4.79 Å². The predicted molar refractivity (Wildman–Crippen MR) is 81.4 cm³/mol. The van der Waals surface area contributed by atoms with E-state index in [0.717, 1.165) is 22.2 Å². The molecule has 0 saturated heterocycles. The van der Waals surface area contributed by atoms with Gasteiger partial charge < -0.3 is 10.4 Å². The third kappa shape index (κ3) is 2.75. The third-order valence-corrected chi connectivity index (χ3v) is 4.49. The number of nitrogens with zero attached hydrogens (tertiary/aromatic N) is 2. The number of carbonyl (C=O) groups is 1. The maximum Gasteiger partial charge on any atom is 0.326 e. The van der Waals surface area contributed by atoms with Crippen molar-refractivity contribution in [3.05, 3.63) is 16.8 Å². The van der Waals surface area contributed by atoms with Gasteiger partial charge in [0.1, 0.15) is 22.5 Å². The molecule has 0 saturated carbocycles. The van der Waals surface area contributed by atoms with Crippen molar-refractivity contribution in [2.24, 2.45) is 5.92 Å². The molecule has 0 aliphatic rings. The molecule has 0 amide bonds. The molecule has 0 aliphatic heterocycles. The molecule has 0 aliphatic carbocycles. The Labute approximate surface area is 122 Å². The Morgan fingerprint density at radius 1 is 1.45 bits per heavy atom. The summed E-state index contributed by atoms with van der Waals surface area (Å²) in [4.78, 5) is 21.1. The van der Waals surface area contributed by atoms with Crippen molar-refractivity contribution in [2.45, 2.75) is 40.2 Å². The van der Waals surface area contributed by atoms with Crippen LogP contribution in [0.1, 0.15) is 31.7 Å². The highest BCUT2D eigenvalue weighted by Gasteiger charge is 2.25. The lowest BCUT2D eigenvalue weighted by Crippen LogP contribution is -2.35. The minimum atomic E-state index is -0.850. The van der Waals surface area contributed by atoms with Gasteiger partial charge in [0.2, 0.25) is 0 Å². The summed E-state index contributed by atoms with van der Waals surface area (Å²) in [6.45, 7) is 7.72. The number of rotatable bonds is 5. The number of fused-ring (bicyclic) bond motifs is 1. The smallest absolute Gasteiger partial charge is 0.326 e. The van der Waals surface area contributed by atoms with Crippen molar-refractivity contribution < 1.29 is 9.90 Å². The lowest BCUT2D eigenvalue weighted by atomic mass is 9.99. The summed E-state index contributed by atoms with van der Waals surface area (Å²) in [6.07, 6.45) is 0.791. The van der Waals surface area contributed by atoms with Crippen LogP contribution < -0.4 is 5.32 Å². The number of anilines is 1. The second kappa shape index (κ2) is 5.75. The minimum Gasteiger partial charge on any atom is -0.480 e. The normalized spacial score (nSPS) is 14.2. The Bertz CT molecular complexity index is 639. The van der Waals surface area contributed by atoms with E-state index in [-0.39, 0.29) is 5.92 Å². The zero-order valence-electron chi connectivity index (χ0n) is 12.1. The van der Waals surface area contributed by atoms with Crippen LogP contribution in [0.4, 0.5) is 5.82 Å². The first-order chi connectivity index (χ1) is 9.43. The Morgan fingerprint density at radius 2 is 2.15 bits per heavy atom. The van der Waals surface area contributed by atoms with Crippen LogP contribution in [0, 0.1) is 19.8 Å². The van der Waals surface area contributed by atoms with Gasteiger partial charge in [-0.2, -0.15) is 0 Å². The number of aryl methyl sites for hydroxylation is 2. The maximum atomic E-state index is 11.4. The molecule has 0 unspecified atom stereocenters. The summed E-state index contributed by atoms with van der Waals surface area (Å²) < 4.78 is 0. The number of thiophene rings is 1. The first-order valence-corrected chi connectivity index (χ1v) is 7.53. The monoisotopic (exact) mass is 293 g/mol. The largest absolute Gasteiger partial charge is 0.480 e. The van der Waals surface area contributed by atoms with Crippen LogP contribution in [0.15, 0.2) is 5.38 Å².